The molecular weight excluding hydrogens is 588 g/mol. The van der Waals surface area contributed by atoms with E-state index in [9.17, 15) is 0 Å². The second-order valence-corrected chi connectivity index (χ2v) is 17.6. The van der Waals surface area contributed by atoms with E-state index in [-0.39, 0.29) is 10.8 Å². The highest BCUT2D eigenvalue weighted by atomic mass is 79.9. The van der Waals surface area contributed by atoms with Crippen LogP contribution in [0, 0.1) is 0 Å². The highest BCUT2D eigenvalue weighted by Gasteiger charge is 2.54. The molecule has 4 aromatic carbocycles. The molecule has 0 bridgehead atoms. The first-order valence-electron chi connectivity index (χ1n) is 12.5. The van der Waals surface area contributed by atoms with Gasteiger partial charge in [0.1, 0.15) is 11.5 Å². The van der Waals surface area contributed by atoms with Crippen LogP contribution in [0.25, 0.3) is 11.1 Å². The fourth-order valence-corrected chi connectivity index (χ4v) is 12.4. The SMILES string of the molecule is CC(C)(C)c1ccc2c(c1)Oc1cc(C(C)(C)C)ccc1[Si]21c2cc(Br)ccc2-c2ccc(Br)cc21. The van der Waals surface area contributed by atoms with Gasteiger partial charge in [-0.05, 0) is 90.2 Å². The van der Waals surface area contributed by atoms with Crippen LogP contribution in [0.5, 0.6) is 11.5 Å². The van der Waals surface area contributed by atoms with E-state index in [1.54, 1.807) is 0 Å². The van der Waals surface area contributed by atoms with Gasteiger partial charge in [0.2, 0.25) is 0 Å². The molecule has 4 aromatic rings. The summed E-state index contributed by atoms with van der Waals surface area (Å²) >= 11 is 7.62. The molecule has 2 aliphatic rings. The molecule has 1 spiro atoms. The van der Waals surface area contributed by atoms with Gasteiger partial charge in [0.25, 0.3) is 0 Å². The van der Waals surface area contributed by atoms with Crippen molar-refractivity contribution in [2.45, 2.75) is 52.4 Å². The molecular formula is C32H30Br2OSi. The minimum atomic E-state index is -2.61. The van der Waals surface area contributed by atoms with Crippen molar-refractivity contribution >= 4 is 60.7 Å². The lowest BCUT2D eigenvalue weighted by Gasteiger charge is -2.39. The maximum atomic E-state index is 6.84. The Kier molecular flexibility index (Phi) is 5.33. The number of halogens is 2. The van der Waals surface area contributed by atoms with E-state index in [1.165, 1.54) is 43.0 Å². The van der Waals surface area contributed by atoms with Crippen molar-refractivity contribution in [3.8, 4) is 22.6 Å². The normalized spacial score (nSPS) is 15.1. The number of fused-ring (bicyclic) bond motifs is 9. The van der Waals surface area contributed by atoms with Gasteiger partial charge in [0.15, 0.2) is 8.07 Å². The maximum absolute atomic E-state index is 6.84. The molecule has 0 fully saturated rings. The van der Waals surface area contributed by atoms with Crippen LogP contribution >= 0.6 is 31.9 Å². The minimum Gasteiger partial charge on any atom is -0.458 e. The monoisotopic (exact) mass is 616 g/mol. The van der Waals surface area contributed by atoms with Crippen molar-refractivity contribution < 1.29 is 4.74 Å². The Balaban J connectivity index is 1.78. The zero-order chi connectivity index (χ0) is 25.6. The predicted molar refractivity (Wildman–Crippen MR) is 162 cm³/mol. The third-order valence-corrected chi connectivity index (χ3v) is 13.7. The predicted octanol–water partition coefficient (Wildman–Crippen LogP) is 7.27. The molecule has 2 heterocycles. The highest BCUT2D eigenvalue weighted by Crippen LogP contribution is 2.40. The van der Waals surface area contributed by atoms with E-state index in [0.717, 1.165) is 20.4 Å². The molecule has 2 aliphatic heterocycles. The molecule has 0 saturated carbocycles. The van der Waals surface area contributed by atoms with Gasteiger partial charge in [0, 0.05) is 8.95 Å². The van der Waals surface area contributed by atoms with E-state index in [1.807, 2.05) is 0 Å². The fraction of sp³-hybridized carbons (Fsp3) is 0.250. The fourth-order valence-electron chi connectivity index (χ4n) is 5.88. The van der Waals surface area contributed by atoms with Gasteiger partial charge in [0.05, 0.1) is 0 Å². The van der Waals surface area contributed by atoms with Gasteiger partial charge in [-0.2, -0.15) is 0 Å². The van der Waals surface area contributed by atoms with Crippen molar-refractivity contribution in [3.05, 3.63) is 92.9 Å². The van der Waals surface area contributed by atoms with Gasteiger partial charge in [-0.1, -0.05) is 110 Å². The smallest absolute Gasteiger partial charge is 0.189 e. The lowest BCUT2D eigenvalue weighted by Crippen LogP contribution is -2.74. The summed E-state index contributed by atoms with van der Waals surface area (Å²) in [7, 11) is -2.61. The van der Waals surface area contributed by atoms with Crippen molar-refractivity contribution in [1.82, 2.24) is 0 Å². The molecule has 0 aliphatic carbocycles. The number of ether oxygens (including phenoxy) is 1. The van der Waals surface area contributed by atoms with Gasteiger partial charge < -0.3 is 4.74 Å². The van der Waals surface area contributed by atoms with Gasteiger partial charge in [-0.15, -0.1) is 0 Å². The summed E-state index contributed by atoms with van der Waals surface area (Å²) in [6.45, 7) is 13.6. The number of hydrogen-bond acceptors (Lipinski definition) is 1. The van der Waals surface area contributed by atoms with Crippen molar-refractivity contribution in [3.63, 3.8) is 0 Å². The van der Waals surface area contributed by atoms with Gasteiger partial charge >= 0.3 is 0 Å². The summed E-state index contributed by atoms with van der Waals surface area (Å²) in [5.41, 5.74) is 5.35. The van der Waals surface area contributed by atoms with Crippen LogP contribution in [0.2, 0.25) is 0 Å². The molecule has 1 nitrogen and oxygen atoms in total. The summed E-state index contributed by atoms with van der Waals surface area (Å²) in [5, 5.41) is 5.54. The van der Waals surface area contributed by atoms with E-state index in [0.29, 0.717) is 0 Å². The summed E-state index contributed by atoms with van der Waals surface area (Å²) in [6, 6.07) is 27.6. The van der Waals surface area contributed by atoms with Crippen LogP contribution in [0.1, 0.15) is 52.7 Å². The highest BCUT2D eigenvalue weighted by molar-refractivity contribution is 9.10. The molecule has 0 N–H and O–H groups in total. The molecule has 0 atom stereocenters. The maximum Gasteiger partial charge on any atom is 0.189 e. The van der Waals surface area contributed by atoms with E-state index >= 15 is 0 Å². The third-order valence-electron chi connectivity index (χ3n) is 7.78. The second kappa shape index (κ2) is 7.93. The first-order valence-corrected chi connectivity index (χ1v) is 16.1. The zero-order valence-electron chi connectivity index (χ0n) is 21.6. The molecule has 0 amide bonds. The Morgan fingerprint density at radius 1 is 0.528 bits per heavy atom. The minimum absolute atomic E-state index is 0.0399. The van der Waals surface area contributed by atoms with Crippen molar-refractivity contribution in [2.24, 2.45) is 0 Å². The zero-order valence-corrected chi connectivity index (χ0v) is 25.8. The van der Waals surface area contributed by atoms with Crippen LogP contribution in [-0.2, 0) is 10.8 Å². The summed E-state index contributed by atoms with van der Waals surface area (Å²) in [4.78, 5) is 0. The molecule has 0 unspecified atom stereocenters. The summed E-state index contributed by atoms with van der Waals surface area (Å²) < 4.78 is 9.07. The van der Waals surface area contributed by atoms with E-state index in [4.69, 9.17) is 4.74 Å². The topological polar surface area (TPSA) is 9.23 Å². The molecule has 4 heteroatoms. The van der Waals surface area contributed by atoms with Crippen molar-refractivity contribution in [1.29, 1.82) is 0 Å². The van der Waals surface area contributed by atoms with Crippen LogP contribution in [-0.4, -0.2) is 8.07 Å². The Morgan fingerprint density at radius 2 is 0.944 bits per heavy atom. The van der Waals surface area contributed by atoms with Crippen LogP contribution < -0.4 is 25.5 Å². The van der Waals surface area contributed by atoms with Crippen LogP contribution in [0.4, 0.5) is 0 Å². The average Bonchev–Trinajstić information content (AvgIpc) is 3.07. The molecule has 182 valence electrons. The molecule has 0 saturated heterocycles. The Bertz CT molecular complexity index is 1440. The Hall–Kier alpha value is -2.14. The molecule has 0 radical (unpaired) electrons. The largest absolute Gasteiger partial charge is 0.458 e. The quantitative estimate of drug-likeness (QED) is 0.163. The standard InChI is InChI=1S/C32H30Br2OSi/c1-31(2,3)19-7-13-27-25(15-19)35-26-16-20(32(4,5)6)8-14-28(26)36(27)29-17-21(33)9-11-23(29)24-12-10-22(34)18-30(24)36/h7-18H,1-6H3. The lowest BCUT2D eigenvalue weighted by molar-refractivity contribution is 0.479. The molecule has 0 aromatic heterocycles. The van der Waals surface area contributed by atoms with Crippen molar-refractivity contribution in [2.75, 3.05) is 0 Å². The van der Waals surface area contributed by atoms with E-state index < -0.39 is 8.07 Å². The second-order valence-electron chi connectivity index (χ2n) is 12.2. The van der Waals surface area contributed by atoms with Crippen LogP contribution in [0.15, 0.2) is 81.7 Å². The first kappa shape index (κ1) is 24.2. The summed E-state index contributed by atoms with van der Waals surface area (Å²) in [6.07, 6.45) is 0. The van der Waals surface area contributed by atoms with Gasteiger partial charge in [-0.3, -0.25) is 0 Å². The Labute approximate surface area is 232 Å². The van der Waals surface area contributed by atoms with E-state index in [2.05, 4.69) is 146 Å². The van der Waals surface area contributed by atoms with Gasteiger partial charge in [-0.25, -0.2) is 0 Å². The molecule has 36 heavy (non-hydrogen) atoms. The summed E-state index contributed by atoms with van der Waals surface area (Å²) in [5.74, 6) is 2.01. The first-order chi connectivity index (χ1) is 16.9. The average molecular weight is 618 g/mol. The third kappa shape index (κ3) is 3.44. The number of rotatable bonds is 0. The van der Waals surface area contributed by atoms with Crippen LogP contribution in [0.3, 0.4) is 0 Å². The number of hydrogen-bond donors (Lipinski definition) is 0. The Morgan fingerprint density at radius 3 is 1.33 bits per heavy atom. The lowest BCUT2D eigenvalue weighted by atomic mass is 9.87. The number of benzene rings is 4. The molecule has 6 rings (SSSR count).